The summed E-state index contributed by atoms with van der Waals surface area (Å²) in [5.41, 5.74) is 1.98. The number of halogens is 3. The molecule has 136 valence electrons. The number of benzene rings is 1. The normalized spacial score (nSPS) is 14.8. The van der Waals surface area contributed by atoms with E-state index >= 15 is 0 Å². The Balaban J connectivity index is 1.79. The number of carbonyl (C=O) groups is 2. The number of aromatic nitrogens is 1. The van der Waals surface area contributed by atoms with Gasteiger partial charge in [-0.3, -0.25) is 9.59 Å². The van der Waals surface area contributed by atoms with Gasteiger partial charge in [-0.25, -0.2) is 9.88 Å². The van der Waals surface area contributed by atoms with Crippen LogP contribution in [0.25, 0.3) is 0 Å². The first kappa shape index (κ1) is 18.1. The quantitative estimate of drug-likeness (QED) is 0.762. The third-order valence-corrected chi connectivity index (χ3v) is 4.91. The van der Waals surface area contributed by atoms with E-state index in [0.717, 1.165) is 39.7 Å². The maximum absolute atomic E-state index is 12.7. The number of likely N-dealkylation sites (N-methyl/N-ethyl adjacent to an activating group) is 1. The Kier molecular flexibility index (Phi) is 4.57. The Morgan fingerprint density at radius 3 is 2.38 bits per heavy atom. The van der Waals surface area contributed by atoms with Crippen LogP contribution in [0.4, 0.5) is 18.9 Å². The van der Waals surface area contributed by atoms with Crippen molar-refractivity contribution in [1.82, 2.24) is 9.88 Å². The van der Waals surface area contributed by atoms with E-state index in [1.54, 1.807) is 17.5 Å². The van der Waals surface area contributed by atoms with Gasteiger partial charge in [-0.05, 0) is 31.2 Å². The Morgan fingerprint density at radius 2 is 1.85 bits per heavy atom. The average molecular weight is 381 g/mol. The van der Waals surface area contributed by atoms with Gasteiger partial charge in [0.1, 0.15) is 5.70 Å². The number of anilines is 1. The minimum atomic E-state index is -4.48. The summed E-state index contributed by atoms with van der Waals surface area (Å²) in [7, 11) is 1.67. The van der Waals surface area contributed by atoms with Gasteiger partial charge in [-0.2, -0.15) is 13.2 Å². The number of hydrogen-bond acceptors (Lipinski definition) is 5. The smallest absolute Gasteiger partial charge is 0.365 e. The fourth-order valence-electron chi connectivity index (χ4n) is 2.55. The highest BCUT2D eigenvalue weighted by Crippen LogP contribution is 2.32. The molecule has 2 heterocycles. The molecule has 0 unspecified atom stereocenters. The van der Waals surface area contributed by atoms with Gasteiger partial charge in [0.15, 0.2) is 0 Å². The molecule has 0 saturated heterocycles. The summed E-state index contributed by atoms with van der Waals surface area (Å²) in [6.07, 6.45) is -3.29. The summed E-state index contributed by atoms with van der Waals surface area (Å²) < 4.78 is 38.0. The molecule has 9 heteroatoms. The van der Waals surface area contributed by atoms with Crippen LogP contribution in [0.5, 0.6) is 0 Å². The number of imide groups is 1. The number of amides is 2. The van der Waals surface area contributed by atoms with Crippen LogP contribution in [-0.4, -0.2) is 28.7 Å². The van der Waals surface area contributed by atoms with Crippen LogP contribution in [0.1, 0.15) is 16.1 Å². The van der Waals surface area contributed by atoms with Crippen LogP contribution in [0.15, 0.2) is 41.5 Å². The summed E-state index contributed by atoms with van der Waals surface area (Å²) in [5, 5.41) is 0. The lowest BCUT2D eigenvalue weighted by Crippen LogP contribution is -2.34. The Bertz CT molecular complexity index is 887. The van der Waals surface area contributed by atoms with Gasteiger partial charge in [-0.1, -0.05) is 0 Å². The van der Waals surface area contributed by atoms with E-state index in [-0.39, 0.29) is 11.4 Å². The third kappa shape index (κ3) is 3.34. The van der Waals surface area contributed by atoms with E-state index in [9.17, 15) is 22.8 Å². The molecule has 0 saturated carbocycles. The molecule has 0 N–H and O–H groups in total. The van der Waals surface area contributed by atoms with Crippen LogP contribution in [-0.2, 0) is 22.3 Å². The minimum Gasteiger partial charge on any atom is -0.365 e. The van der Waals surface area contributed by atoms with Gasteiger partial charge in [-0.15, -0.1) is 11.3 Å². The molecule has 1 aromatic carbocycles. The summed E-state index contributed by atoms with van der Waals surface area (Å²) >= 11 is 1.44. The zero-order valence-electron chi connectivity index (χ0n) is 13.9. The summed E-state index contributed by atoms with van der Waals surface area (Å²) in [6, 6.07) is 3.92. The lowest BCUT2D eigenvalue weighted by molar-refractivity contribution is -0.137. The monoisotopic (exact) mass is 381 g/mol. The van der Waals surface area contributed by atoms with E-state index in [1.165, 1.54) is 17.4 Å². The van der Waals surface area contributed by atoms with E-state index in [1.807, 2.05) is 6.92 Å². The van der Waals surface area contributed by atoms with E-state index < -0.39 is 23.6 Å². The summed E-state index contributed by atoms with van der Waals surface area (Å²) in [4.78, 5) is 32.4. The number of nitrogens with zero attached hydrogens (tertiary/aromatic N) is 3. The number of carbonyl (C=O) groups excluding carboxylic acids is 2. The minimum absolute atomic E-state index is 0.0987. The predicted molar refractivity (Wildman–Crippen MR) is 90.3 cm³/mol. The van der Waals surface area contributed by atoms with Crippen molar-refractivity contribution in [2.24, 2.45) is 0 Å². The topological polar surface area (TPSA) is 53.5 Å². The third-order valence-electron chi connectivity index (χ3n) is 3.99. The second-order valence-corrected chi connectivity index (χ2v) is 6.71. The molecule has 0 bridgehead atoms. The number of rotatable bonds is 4. The van der Waals surface area contributed by atoms with Crippen molar-refractivity contribution in [2.75, 3.05) is 11.9 Å². The zero-order chi connectivity index (χ0) is 19.1. The largest absolute Gasteiger partial charge is 0.416 e. The van der Waals surface area contributed by atoms with Crippen LogP contribution >= 0.6 is 11.3 Å². The van der Waals surface area contributed by atoms with Crippen molar-refractivity contribution < 1.29 is 22.8 Å². The molecule has 2 amide bonds. The molecule has 1 aromatic heterocycles. The van der Waals surface area contributed by atoms with Crippen molar-refractivity contribution in [3.63, 3.8) is 0 Å². The Hall–Kier alpha value is -2.68. The second kappa shape index (κ2) is 6.56. The maximum Gasteiger partial charge on any atom is 0.416 e. The van der Waals surface area contributed by atoms with Crippen molar-refractivity contribution >= 4 is 28.8 Å². The van der Waals surface area contributed by atoms with Crippen molar-refractivity contribution in [1.29, 1.82) is 0 Å². The first-order chi connectivity index (χ1) is 12.2. The molecule has 2 aromatic rings. The molecule has 1 aliphatic rings. The van der Waals surface area contributed by atoms with E-state index in [4.69, 9.17) is 0 Å². The first-order valence-electron chi connectivity index (χ1n) is 7.56. The molecule has 26 heavy (non-hydrogen) atoms. The lowest BCUT2D eigenvalue weighted by atomic mass is 10.2. The molecule has 5 nitrogen and oxygen atoms in total. The molecule has 0 radical (unpaired) electrons. The zero-order valence-corrected chi connectivity index (χ0v) is 14.7. The standard InChI is InChI=1S/C17H14F3N3O2S/c1-10-14(26-9-21-10)8-22(2)13-7-15(24)23(16(13)25)12-5-3-11(4-6-12)17(18,19)20/h3-7,9H,8H2,1-2H3. The Labute approximate surface area is 151 Å². The number of aryl methyl sites for hydroxylation is 1. The SMILES string of the molecule is Cc1ncsc1CN(C)C1=CC(=O)N(c2ccc(C(F)(F)F)cc2)C1=O. The number of thiazole rings is 1. The first-order valence-corrected chi connectivity index (χ1v) is 8.44. The Morgan fingerprint density at radius 1 is 1.19 bits per heavy atom. The fourth-order valence-corrected chi connectivity index (χ4v) is 3.38. The highest BCUT2D eigenvalue weighted by Gasteiger charge is 2.35. The van der Waals surface area contributed by atoms with Gasteiger partial charge >= 0.3 is 6.18 Å². The molecule has 1 aliphatic heterocycles. The molecule has 0 atom stereocenters. The summed E-state index contributed by atoms with van der Waals surface area (Å²) in [6.45, 7) is 2.26. The highest BCUT2D eigenvalue weighted by atomic mass is 32.1. The van der Waals surface area contributed by atoms with Crippen molar-refractivity contribution in [3.8, 4) is 0 Å². The second-order valence-electron chi connectivity index (χ2n) is 5.77. The molecule has 0 fully saturated rings. The van der Waals surface area contributed by atoms with Gasteiger partial charge in [0.25, 0.3) is 11.8 Å². The summed E-state index contributed by atoms with van der Waals surface area (Å²) in [5.74, 6) is -1.16. The van der Waals surface area contributed by atoms with Crippen molar-refractivity contribution in [2.45, 2.75) is 19.6 Å². The number of alkyl halides is 3. The highest BCUT2D eigenvalue weighted by molar-refractivity contribution is 7.09. The molecular weight excluding hydrogens is 367 g/mol. The fraction of sp³-hybridized carbons (Fsp3) is 0.235. The predicted octanol–water partition coefficient (Wildman–Crippen LogP) is 3.36. The average Bonchev–Trinajstić information content (AvgIpc) is 3.10. The van der Waals surface area contributed by atoms with Crippen LogP contribution in [0.3, 0.4) is 0 Å². The van der Waals surface area contributed by atoms with Gasteiger partial charge in [0.05, 0.1) is 29.0 Å². The van der Waals surface area contributed by atoms with Crippen LogP contribution in [0.2, 0.25) is 0 Å². The lowest BCUT2D eigenvalue weighted by Gasteiger charge is -2.21. The van der Waals surface area contributed by atoms with Gasteiger partial charge in [0.2, 0.25) is 0 Å². The van der Waals surface area contributed by atoms with E-state index in [0.29, 0.717) is 6.54 Å². The van der Waals surface area contributed by atoms with E-state index in [2.05, 4.69) is 4.98 Å². The molecule has 3 rings (SSSR count). The molecular formula is C17H14F3N3O2S. The van der Waals surface area contributed by atoms with Gasteiger partial charge in [0, 0.05) is 18.0 Å². The van der Waals surface area contributed by atoms with Crippen LogP contribution in [0, 0.1) is 6.92 Å². The molecule has 0 spiro atoms. The van der Waals surface area contributed by atoms with Crippen LogP contribution < -0.4 is 4.90 Å². The maximum atomic E-state index is 12.7. The molecule has 0 aliphatic carbocycles. The van der Waals surface area contributed by atoms with Gasteiger partial charge < -0.3 is 4.90 Å². The van der Waals surface area contributed by atoms with Crippen molar-refractivity contribution in [3.05, 3.63) is 57.7 Å². The number of hydrogen-bond donors (Lipinski definition) is 0.